The molecule has 1 saturated heterocycles. The lowest BCUT2D eigenvalue weighted by molar-refractivity contribution is -0.127. The number of ether oxygens (including phenoxy) is 1. The molecule has 0 spiro atoms. The summed E-state index contributed by atoms with van der Waals surface area (Å²) >= 11 is 1.48. The lowest BCUT2D eigenvalue weighted by Crippen LogP contribution is -2.29. The zero-order valence-electron chi connectivity index (χ0n) is 12.6. The van der Waals surface area contributed by atoms with E-state index in [0.717, 1.165) is 42.5 Å². The molecular formula is C16H19N3O2S. The zero-order chi connectivity index (χ0) is 15.4. The van der Waals surface area contributed by atoms with Crippen LogP contribution < -0.4 is 4.74 Å². The molecule has 0 bridgehead atoms. The van der Waals surface area contributed by atoms with Crippen LogP contribution in [0.3, 0.4) is 0 Å². The van der Waals surface area contributed by atoms with E-state index in [1.807, 2.05) is 39.9 Å². The Morgan fingerprint density at radius 2 is 2.18 bits per heavy atom. The lowest BCUT2D eigenvalue weighted by atomic mass is 10.3. The second-order valence-corrected chi connectivity index (χ2v) is 6.10. The number of imidazole rings is 1. The highest BCUT2D eigenvalue weighted by Crippen LogP contribution is 2.23. The van der Waals surface area contributed by atoms with E-state index in [1.165, 1.54) is 11.8 Å². The first-order valence-electron chi connectivity index (χ1n) is 7.36. The molecule has 2 aromatic rings. The van der Waals surface area contributed by atoms with Crippen LogP contribution in [0.1, 0.15) is 12.8 Å². The topological polar surface area (TPSA) is 47.4 Å². The van der Waals surface area contributed by atoms with E-state index in [1.54, 1.807) is 13.3 Å². The molecule has 116 valence electrons. The van der Waals surface area contributed by atoms with Crippen molar-refractivity contribution < 1.29 is 9.53 Å². The van der Waals surface area contributed by atoms with Crippen molar-refractivity contribution in [2.75, 3.05) is 26.0 Å². The predicted molar refractivity (Wildman–Crippen MR) is 86.7 cm³/mol. The van der Waals surface area contributed by atoms with Gasteiger partial charge in [0.15, 0.2) is 5.16 Å². The van der Waals surface area contributed by atoms with Gasteiger partial charge >= 0.3 is 0 Å². The Hall–Kier alpha value is -1.95. The molecule has 5 nitrogen and oxygen atoms in total. The Bertz CT molecular complexity index is 650. The standard InChI is InChI=1S/C16H19N3O2S/c1-21-14-6-4-5-13(11-14)19-10-7-17-16(19)22-12-15(20)18-8-2-3-9-18/h4-7,10-11H,2-3,8-9,12H2,1H3. The summed E-state index contributed by atoms with van der Waals surface area (Å²) in [5.74, 6) is 1.43. The normalized spacial score (nSPS) is 14.3. The Kier molecular flexibility index (Phi) is 4.68. The van der Waals surface area contributed by atoms with Gasteiger partial charge in [-0.1, -0.05) is 17.8 Å². The first kappa shape index (κ1) is 15.0. The molecule has 0 aliphatic carbocycles. The summed E-state index contributed by atoms with van der Waals surface area (Å²) in [5, 5.41) is 0.820. The van der Waals surface area contributed by atoms with E-state index in [4.69, 9.17) is 4.74 Å². The maximum Gasteiger partial charge on any atom is 0.233 e. The van der Waals surface area contributed by atoms with Gasteiger partial charge in [-0.15, -0.1) is 0 Å². The highest BCUT2D eigenvalue weighted by Gasteiger charge is 2.18. The van der Waals surface area contributed by atoms with Gasteiger partial charge in [-0.2, -0.15) is 0 Å². The minimum atomic E-state index is 0.197. The van der Waals surface area contributed by atoms with E-state index >= 15 is 0 Å². The highest BCUT2D eigenvalue weighted by atomic mass is 32.2. The fourth-order valence-electron chi connectivity index (χ4n) is 2.54. The van der Waals surface area contributed by atoms with Gasteiger partial charge in [0, 0.05) is 31.5 Å². The lowest BCUT2D eigenvalue weighted by Gasteiger charge is -2.15. The molecule has 0 saturated carbocycles. The van der Waals surface area contributed by atoms with Crippen molar-refractivity contribution >= 4 is 17.7 Å². The van der Waals surface area contributed by atoms with Crippen molar-refractivity contribution in [2.24, 2.45) is 0 Å². The van der Waals surface area contributed by atoms with Crippen molar-refractivity contribution in [1.29, 1.82) is 0 Å². The molecule has 1 aliphatic rings. The number of hydrogen-bond acceptors (Lipinski definition) is 4. The van der Waals surface area contributed by atoms with Crippen LogP contribution in [0.2, 0.25) is 0 Å². The molecular weight excluding hydrogens is 298 g/mol. The molecule has 6 heteroatoms. The van der Waals surface area contributed by atoms with Gasteiger partial charge in [0.25, 0.3) is 0 Å². The largest absolute Gasteiger partial charge is 0.497 e. The molecule has 1 aliphatic heterocycles. The minimum absolute atomic E-state index is 0.197. The van der Waals surface area contributed by atoms with Crippen molar-refractivity contribution in [3.63, 3.8) is 0 Å². The van der Waals surface area contributed by atoms with Crippen molar-refractivity contribution in [1.82, 2.24) is 14.5 Å². The summed E-state index contributed by atoms with van der Waals surface area (Å²) in [6, 6.07) is 7.80. The van der Waals surface area contributed by atoms with Gasteiger partial charge in [-0.3, -0.25) is 9.36 Å². The maximum absolute atomic E-state index is 12.1. The molecule has 2 heterocycles. The number of hydrogen-bond donors (Lipinski definition) is 0. The summed E-state index contributed by atoms with van der Waals surface area (Å²) in [6.45, 7) is 1.79. The second-order valence-electron chi connectivity index (χ2n) is 5.16. The third-order valence-corrected chi connectivity index (χ3v) is 4.67. The Morgan fingerprint density at radius 3 is 2.95 bits per heavy atom. The smallest absolute Gasteiger partial charge is 0.233 e. The third-order valence-electron chi connectivity index (χ3n) is 3.72. The number of aromatic nitrogens is 2. The van der Waals surface area contributed by atoms with Gasteiger partial charge in [0.05, 0.1) is 18.6 Å². The first-order chi connectivity index (χ1) is 10.8. The van der Waals surface area contributed by atoms with Crippen molar-refractivity contribution in [3.05, 3.63) is 36.7 Å². The predicted octanol–water partition coefficient (Wildman–Crippen LogP) is 2.60. The molecule has 1 aromatic heterocycles. The Labute approximate surface area is 134 Å². The van der Waals surface area contributed by atoms with Crippen LogP contribution in [-0.2, 0) is 4.79 Å². The fourth-order valence-corrected chi connectivity index (χ4v) is 3.41. The highest BCUT2D eigenvalue weighted by molar-refractivity contribution is 7.99. The molecule has 0 unspecified atom stereocenters. The van der Waals surface area contributed by atoms with Crippen molar-refractivity contribution in [2.45, 2.75) is 18.0 Å². The average Bonchev–Trinajstić information content (AvgIpc) is 3.24. The molecule has 22 heavy (non-hydrogen) atoms. The zero-order valence-corrected chi connectivity index (χ0v) is 13.4. The average molecular weight is 317 g/mol. The summed E-state index contributed by atoms with van der Waals surface area (Å²) in [7, 11) is 1.65. The van der Waals surface area contributed by atoms with Crippen LogP contribution in [0, 0.1) is 0 Å². The SMILES string of the molecule is COc1cccc(-n2ccnc2SCC(=O)N2CCCC2)c1. The van der Waals surface area contributed by atoms with Crippen molar-refractivity contribution in [3.8, 4) is 11.4 Å². The fraction of sp³-hybridized carbons (Fsp3) is 0.375. The molecule has 1 fully saturated rings. The molecule has 3 rings (SSSR count). The van der Waals surface area contributed by atoms with Crippen LogP contribution in [0.5, 0.6) is 5.75 Å². The van der Waals surface area contributed by atoms with Crippen LogP contribution >= 0.6 is 11.8 Å². The second kappa shape index (κ2) is 6.87. The number of likely N-dealkylation sites (tertiary alicyclic amines) is 1. The third kappa shape index (κ3) is 3.27. The molecule has 0 radical (unpaired) electrons. The molecule has 1 amide bonds. The number of carbonyl (C=O) groups is 1. The van der Waals surface area contributed by atoms with Gasteiger partial charge in [-0.25, -0.2) is 4.98 Å². The van der Waals surface area contributed by atoms with Crippen LogP contribution in [0.25, 0.3) is 5.69 Å². The maximum atomic E-state index is 12.1. The number of rotatable bonds is 5. The number of thioether (sulfide) groups is 1. The summed E-state index contributed by atoms with van der Waals surface area (Å²) < 4.78 is 7.23. The van der Waals surface area contributed by atoms with Gasteiger partial charge in [-0.05, 0) is 25.0 Å². The van der Waals surface area contributed by atoms with E-state index in [-0.39, 0.29) is 5.91 Å². The van der Waals surface area contributed by atoms with E-state index < -0.39 is 0 Å². The Morgan fingerprint density at radius 1 is 1.36 bits per heavy atom. The van der Waals surface area contributed by atoms with Crippen LogP contribution in [0.4, 0.5) is 0 Å². The summed E-state index contributed by atoms with van der Waals surface area (Å²) in [6.07, 6.45) is 5.89. The quantitative estimate of drug-likeness (QED) is 0.795. The Balaban J connectivity index is 1.70. The number of amides is 1. The first-order valence-corrected chi connectivity index (χ1v) is 8.35. The van der Waals surface area contributed by atoms with Crippen LogP contribution in [-0.4, -0.2) is 46.3 Å². The van der Waals surface area contributed by atoms with Crippen LogP contribution in [0.15, 0.2) is 41.8 Å². The molecule has 0 atom stereocenters. The molecule has 0 N–H and O–H groups in total. The number of nitrogens with zero attached hydrogens (tertiary/aromatic N) is 3. The number of methoxy groups -OCH3 is 1. The number of benzene rings is 1. The van der Waals surface area contributed by atoms with E-state index in [9.17, 15) is 4.79 Å². The van der Waals surface area contributed by atoms with E-state index in [2.05, 4.69) is 4.98 Å². The van der Waals surface area contributed by atoms with Gasteiger partial charge in [0.1, 0.15) is 5.75 Å². The monoisotopic (exact) mass is 317 g/mol. The summed E-state index contributed by atoms with van der Waals surface area (Å²) in [5.41, 5.74) is 0.980. The summed E-state index contributed by atoms with van der Waals surface area (Å²) in [4.78, 5) is 18.4. The molecule has 1 aromatic carbocycles. The minimum Gasteiger partial charge on any atom is -0.497 e. The number of carbonyl (C=O) groups excluding carboxylic acids is 1. The van der Waals surface area contributed by atoms with Gasteiger partial charge < -0.3 is 9.64 Å². The van der Waals surface area contributed by atoms with E-state index in [0.29, 0.717) is 5.75 Å². The van der Waals surface area contributed by atoms with Gasteiger partial charge in [0.2, 0.25) is 5.91 Å².